The van der Waals surface area contributed by atoms with Gasteiger partial charge in [0.15, 0.2) is 0 Å². The number of amides is 2. The van der Waals surface area contributed by atoms with Crippen LogP contribution >= 0.6 is 0 Å². The van der Waals surface area contributed by atoms with Crippen LogP contribution in [0.1, 0.15) is 53.3 Å². The molecule has 2 fully saturated rings. The summed E-state index contributed by atoms with van der Waals surface area (Å²) in [5, 5.41) is 10.8. The lowest BCUT2D eigenvalue weighted by Crippen LogP contribution is -2.46. The first-order valence-corrected chi connectivity index (χ1v) is 11.2. The molecule has 8 nitrogen and oxygen atoms in total. The van der Waals surface area contributed by atoms with E-state index in [9.17, 15) is 9.59 Å². The summed E-state index contributed by atoms with van der Waals surface area (Å²) in [5.74, 6) is 0.292. The zero-order valence-corrected chi connectivity index (χ0v) is 18.1. The number of fused-ring (bicyclic) bond motifs is 1. The second-order valence-electron chi connectivity index (χ2n) is 8.76. The highest BCUT2D eigenvalue weighted by molar-refractivity contribution is 6.06. The van der Waals surface area contributed by atoms with Crippen LogP contribution in [0.2, 0.25) is 0 Å². The fraction of sp³-hybridized carbons (Fsp3) is 0.417. The minimum atomic E-state index is -0.106. The quantitative estimate of drug-likeness (QED) is 0.619. The van der Waals surface area contributed by atoms with Crippen molar-refractivity contribution in [2.45, 2.75) is 44.6 Å². The van der Waals surface area contributed by atoms with Crippen LogP contribution in [-0.2, 0) is 4.79 Å². The Kier molecular flexibility index (Phi) is 5.61. The second-order valence-corrected chi connectivity index (χ2v) is 8.76. The first kappa shape index (κ1) is 20.6. The highest BCUT2D eigenvalue weighted by Gasteiger charge is 2.29. The number of nitrogens with zero attached hydrogens (tertiary/aromatic N) is 3. The lowest BCUT2D eigenvalue weighted by atomic mass is 10.0. The summed E-state index contributed by atoms with van der Waals surface area (Å²) in [6.07, 6.45) is 3.80. The van der Waals surface area contributed by atoms with Gasteiger partial charge in [-0.1, -0.05) is 23.4 Å². The third kappa shape index (κ3) is 4.50. The SMILES string of the molecule is Cc1noc2nc(C3CC3)cc(C(=O)NC3CCN(CC(=O)Nc4ccccc4)CC3)c12. The molecule has 1 saturated heterocycles. The molecular formula is C24H27N5O3. The smallest absolute Gasteiger partial charge is 0.259 e. The number of anilines is 1. The van der Waals surface area contributed by atoms with Gasteiger partial charge in [-0.15, -0.1) is 0 Å². The Balaban J connectivity index is 1.18. The summed E-state index contributed by atoms with van der Waals surface area (Å²) in [6.45, 7) is 3.71. The molecule has 1 aliphatic carbocycles. The number of pyridine rings is 1. The molecule has 1 aliphatic heterocycles. The average molecular weight is 434 g/mol. The molecule has 32 heavy (non-hydrogen) atoms. The molecule has 0 bridgehead atoms. The van der Waals surface area contributed by atoms with E-state index in [2.05, 4.69) is 25.7 Å². The molecular weight excluding hydrogens is 406 g/mol. The fourth-order valence-electron chi connectivity index (χ4n) is 4.30. The molecule has 0 spiro atoms. The zero-order valence-electron chi connectivity index (χ0n) is 18.1. The second kappa shape index (κ2) is 8.70. The van der Waals surface area contributed by atoms with Crippen LogP contribution in [0, 0.1) is 6.92 Å². The van der Waals surface area contributed by atoms with Gasteiger partial charge in [-0.2, -0.15) is 0 Å². The summed E-state index contributed by atoms with van der Waals surface area (Å²) in [4.78, 5) is 32.1. The third-order valence-corrected chi connectivity index (χ3v) is 6.22. The van der Waals surface area contributed by atoms with E-state index in [-0.39, 0.29) is 17.9 Å². The van der Waals surface area contributed by atoms with Gasteiger partial charge in [0.05, 0.1) is 23.2 Å². The van der Waals surface area contributed by atoms with Crippen LogP contribution < -0.4 is 10.6 Å². The van der Waals surface area contributed by atoms with Gasteiger partial charge < -0.3 is 15.2 Å². The molecule has 2 aliphatic rings. The van der Waals surface area contributed by atoms with Crippen LogP contribution in [0.15, 0.2) is 40.9 Å². The fourth-order valence-corrected chi connectivity index (χ4v) is 4.30. The van der Waals surface area contributed by atoms with Gasteiger partial charge in [-0.3, -0.25) is 14.5 Å². The number of likely N-dealkylation sites (tertiary alicyclic amines) is 1. The Morgan fingerprint density at radius 3 is 2.59 bits per heavy atom. The van der Waals surface area contributed by atoms with E-state index < -0.39 is 0 Å². The van der Waals surface area contributed by atoms with Crippen molar-refractivity contribution in [1.82, 2.24) is 20.4 Å². The molecule has 166 valence electrons. The molecule has 1 saturated carbocycles. The molecule has 2 amide bonds. The lowest BCUT2D eigenvalue weighted by Gasteiger charge is -2.31. The molecule has 0 unspecified atom stereocenters. The van der Waals surface area contributed by atoms with E-state index in [0.29, 0.717) is 34.8 Å². The van der Waals surface area contributed by atoms with E-state index in [1.807, 2.05) is 43.3 Å². The van der Waals surface area contributed by atoms with E-state index in [1.54, 1.807) is 0 Å². The normalized spacial score (nSPS) is 17.4. The third-order valence-electron chi connectivity index (χ3n) is 6.22. The molecule has 3 heterocycles. The van der Waals surface area contributed by atoms with Crippen LogP contribution in [0.25, 0.3) is 11.1 Å². The molecule has 2 N–H and O–H groups in total. The summed E-state index contributed by atoms with van der Waals surface area (Å²) < 4.78 is 5.36. The monoisotopic (exact) mass is 433 g/mol. The average Bonchev–Trinajstić information content (AvgIpc) is 3.58. The summed E-state index contributed by atoms with van der Waals surface area (Å²) in [6, 6.07) is 11.4. The number of para-hydroxylation sites is 1. The van der Waals surface area contributed by atoms with Gasteiger partial charge in [0.25, 0.3) is 11.6 Å². The Labute approximate surface area is 186 Å². The van der Waals surface area contributed by atoms with E-state index in [0.717, 1.165) is 50.2 Å². The summed E-state index contributed by atoms with van der Waals surface area (Å²) in [7, 11) is 0. The summed E-state index contributed by atoms with van der Waals surface area (Å²) in [5.41, 5.74) is 3.44. The first-order valence-electron chi connectivity index (χ1n) is 11.2. The number of hydrogen-bond acceptors (Lipinski definition) is 6. The highest BCUT2D eigenvalue weighted by Crippen LogP contribution is 2.40. The molecule has 0 radical (unpaired) electrons. The van der Waals surface area contributed by atoms with Gasteiger partial charge in [0.1, 0.15) is 0 Å². The van der Waals surface area contributed by atoms with Gasteiger partial charge in [0, 0.05) is 36.4 Å². The van der Waals surface area contributed by atoms with Crippen molar-refractivity contribution < 1.29 is 14.1 Å². The minimum Gasteiger partial charge on any atom is -0.349 e. The number of carbonyl (C=O) groups is 2. The van der Waals surface area contributed by atoms with Crippen molar-refractivity contribution in [3.8, 4) is 0 Å². The predicted octanol–water partition coefficient (Wildman–Crippen LogP) is 3.24. The van der Waals surface area contributed by atoms with Crippen molar-refractivity contribution in [2.24, 2.45) is 0 Å². The molecule has 8 heteroatoms. The van der Waals surface area contributed by atoms with Crippen LogP contribution in [0.3, 0.4) is 0 Å². The van der Waals surface area contributed by atoms with Gasteiger partial charge in [-0.25, -0.2) is 4.98 Å². The number of nitrogens with one attached hydrogen (secondary N) is 2. The Bertz CT molecular complexity index is 1130. The molecule has 1 aromatic carbocycles. The Hall–Kier alpha value is -3.26. The zero-order chi connectivity index (χ0) is 22.1. The van der Waals surface area contributed by atoms with Gasteiger partial charge >= 0.3 is 0 Å². The Morgan fingerprint density at radius 1 is 1.12 bits per heavy atom. The predicted molar refractivity (Wildman–Crippen MR) is 121 cm³/mol. The number of hydrogen-bond donors (Lipinski definition) is 2. The topological polar surface area (TPSA) is 100 Å². The molecule has 0 atom stereocenters. The maximum atomic E-state index is 13.1. The number of aromatic nitrogens is 2. The Morgan fingerprint density at radius 2 is 1.88 bits per heavy atom. The summed E-state index contributed by atoms with van der Waals surface area (Å²) >= 11 is 0. The van der Waals surface area contributed by atoms with E-state index in [4.69, 9.17) is 4.52 Å². The number of rotatable bonds is 6. The first-order chi connectivity index (χ1) is 15.6. The number of carbonyl (C=O) groups excluding carboxylic acids is 2. The van der Waals surface area contributed by atoms with E-state index >= 15 is 0 Å². The van der Waals surface area contributed by atoms with Crippen molar-refractivity contribution in [2.75, 3.05) is 25.0 Å². The standard InChI is InChI=1S/C24H27N5O3/c1-15-22-19(13-20(16-7-8-16)27-24(22)32-28-15)23(31)26-18-9-11-29(12-10-18)14-21(30)25-17-5-3-2-4-6-17/h2-6,13,16,18H,7-12,14H2,1H3,(H,25,30)(H,26,31). The molecule has 2 aromatic heterocycles. The van der Waals surface area contributed by atoms with Crippen LogP contribution in [0.5, 0.6) is 0 Å². The van der Waals surface area contributed by atoms with Crippen LogP contribution in [0.4, 0.5) is 5.69 Å². The largest absolute Gasteiger partial charge is 0.349 e. The van der Waals surface area contributed by atoms with Gasteiger partial charge in [-0.05, 0) is 50.8 Å². The number of benzene rings is 1. The number of aryl methyl sites for hydroxylation is 1. The molecule has 3 aromatic rings. The minimum absolute atomic E-state index is 0.0200. The number of piperidine rings is 1. The maximum absolute atomic E-state index is 13.1. The van der Waals surface area contributed by atoms with Crippen LogP contribution in [-0.4, -0.2) is 52.5 Å². The maximum Gasteiger partial charge on any atom is 0.259 e. The highest BCUT2D eigenvalue weighted by atomic mass is 16.5. The van der Waals surface area contributed by atoms with Crippen molar-refractivity contribution >= 4 is 28.6 Å². The molecule has 5 rings (SSSR count). The van der Waals surface area contributed by atoms with Crippen molar-refractivity contribution in [3.05, 3.63) is 53.3 Å². The van der Waals surface area contributed by atoms with Crippen molar-refractivity contribution in [1.29, 1.82) is 0 Å². The van der Waals surface area contributed by atoms with E-state index in [1.165, 1.54) is 0 Å². The van der Waals surface area contributed by atoms with Crippen molar-refractivity contribution in [3.63, 3.8) is 0 Å². The lowest BCUT2D eigenvalue weighted by molar-refractivity contribution is -0.117. The van der Waals surface area contributed by atoms with Gasteiger partial charge in [0.2, 0.25) is 5.91 Å².